The van der Waals surface area contributed by atoms with Gasteiger partial charge in [0.15, 0.2) is 0 Å². The molecule has 4 nitrogen and oxygen atoms in total. The third-order valence-corrected chi connectivity index (χ3v) is 1.99. The molecular weight excluding hydrogens is 183 g/mol. The zero-order valence-corrected chi connectivity index (χ0v) is 7.17. The molecule has 0 unspecified atom stereocenters. The fourth-order valence-corrected chi connectivity index (χ4v) is 1.42. The highest BCUT2D eigenvalue weighted by atomic mass is 32.4. The van der Waals surface area contributed by atoms with Gasteiger partial charge in [-0.25, -0.2) is 4.79 Å². The summed E-state index contributed by atoms with van der Waals surface area (Å²) in [4.78, 5) is 25.9. The predicted molar refractivity (Wildman–Crippen MR) is 45.7 cm³/mol. The van der Waals surface area contributed by atoms with Crippen molar-refractivity contribution < 1.29 is 0 Å². The average molecular weight is 188 g/mol. The van der Waals surface area contributed by atoms with Crippen molar-refractivity contribution in [3.63, 3.8) is 0 Å². The van der Waals surface area contributed by atoms with Crippen molar-refractivity contribution in [2.75, 3.05) is 0 Å². The van der Waals surface area contributed by atoms with E-state index in [4.69, 9.17) is 0 Å². The zero-order chi connectivity index (χ0) is 8.27. The molecular formula is C5H5N2O2PS. The van der Waals surface area contributed by atoms with E-state index >= 15 is 0 Å². The van der Waals surface area contributed by atoms with E-state index in [1.165, 1.54) is 6.20 Å². The molecule has 0 saturated carbocycles. The third kappa shape index (κ3) is 2.06. The maximum atomic E-state index is 10.9. The Bertz CT molecular complexity index is 369. The molecule has 1 aromatic rings. The Kier molecular flexibility index (Phi) is 2.68. The van der Waals surface area contributed by atoms with Crippen LogP contribution in [0, 0.1) is 0 Å². The number of rotatable bonds is 2. The lowest BCUT2D eigenvalue weighted by atomic mass is 10.4. The Morgan fingerprint density at radius 2 is 2.27 bits per heavy atom. The minimum Gasteiger partial charge on any atom is -0.314 e. The van der Waals surface area contributed by atoms with Crippen LogP contribution in [0.3, 0.4) is 0 Å². The van der Waals surface area contributed by atoms with Gasteiger partial charge in [-0.3, -0.25) is 9.78 Å². The van der Waals surface area contributed by atoms with Crippen LogP contribution in [-0.4, -0.2) is 9.97 Å². The fraction of sp³-hybridized carbons (Fsp3) is 0.200. The fourth-order valence-electron chi connectivity index (χ4n) is 0.625. The van der Waals surface area contributed by atoms with Crippen LogP contribution >= 0.6 is 7.36 Å². The van der Waals surface area contributed by atoms with Crippen LogP contribution in [-0.2, 0) is 18.0 Å². The molecule has 6 heteroatoms. The number of hydrogen-bond acceptors (Lipinski definition) is 3. The van der Waals surface area contributed by atoms with Crippen LogP contribution in [0.25, 0.3) is 0 Å². The molecule has 1 heterocycles. The van der Waals surface area contributed by atoms with Crippen molar-refractivity contribution in [3.8, 4) is 0 Å². The molecule has 58 valence electrons. The molecule has 0 radical (unpaired) electrons. The van der Waals surface area contributed by atoms with E-state index in [9.17, 15) is 9.59 Å². The highest BCUT2D eigenvalue weighted by Crippen LogP contribution is 2.00. The molecule has 0 aromatic carbocycles. The molecule has 0 fully saturated rings. The molecule has 0 bridgehead atoms. The predicted octanol–water partition coefficient (Wildman–Crippen LogP) is -0.0287. The molecule has 2 N–H and O–H groups in total. The van der Waals surface area contributed by atoms with E-state index < -0.39 is 5.69 Å². The first-order valence-electron chi connectivity index (χ1n) is 2.84. The van der Waals surface area contributed by atoms with Gasteiger partial charge in [-0.15, -0.1) is 0 Å². The average Bonchev–Trinajstić information content (AvgIpc) is 1.95. The monoisotopic (exact) mass is 188 g/mol. The van der Waals surface area contributed by atoms with Crippen molar-refractivity contribution in [2.24, 2.45) is 0 Å². The number of aromatic amines is 2. The highest BCUT2D eigenvalue weighted by molar-refractivity contribution is 7.96. The smallest absolute Gasteiger partial charge is 0.314 e. The maximum Gasteiger partial charge on any atom is 0.325 e. The van der Waals surface area contributed by atoms with E-state index in [0.29, 0.717) is 19.1 Å². The van der Waals surface area contributed by atoms with Crippen LogP contribution in [0.15, 0.2) is 15.8 Å². The topological polar surface area (TPSA) is 65.7 Å². The number of H-pyrrole nitrogens is 2. The Morgan fingerprint density at radius 3 is 2.82 bits per heavy atom. The molecule has 0 aliphatic rings. The second-order valence-corrected chi connectivity index (χ2v) is 3.23. The van der Waals surface area contributed by atoms with Gasteiger partial charge in [-0.2, -0.15) is 0 Å². The summed E-state index contributed by atoms with van der Waals surface area (Å²) in [5.41, 5.74) is -0.327. The van der Waals surface area contributed by atoms with E-state index in [2.05, 4.69) is 21.8 Å². The van der Waals surface area contributed by atoms with Gasteiger partial charge >= 0.3 is 5.69 Å². The lowest BCUT2D eigenvalue weighted by Gasteiger charge is -1.89. The van der Waals surface area contributed by atoms with E-state index in [-0.39, 0.29) is 5.56 Å². The van der Waals surface area contributed by atoms with Gasteiger partial charge in [-0.05, 0) is 7.36 Å². The molecule has 11 heavy (non-hydrogen) atoms. The Hall–Kier alpha value is -0.800. The minimum absolute atomic E-state index is 0.355. The number of aromatic nitrogens is 2. The second-order valence-electron chi connectivity index (χ2n) is 1.88. The summed E-state index contributed by atoms with van der Waals surface area (Å²) >= 11 is 4.65. The highest BCUT2D eigenvalue weighted by Gasteiger charge is 1.96. The Labute approximate surface area is 68.5 Å². The first-order chi connectivity index (χ1) is 5.24. The number of hydrogen-bond donors (Lipinski definition) is 2. The summed E-state index contributed by atoms with van der Waals surface area (Å²) in [6.45, 7) is 0. The molecule has 0 saturated heterocycles. The summed E-state index contributed by atoms with van der Waals surface area (Å²) in [5.74, 6) is 0. The molecule has 0 aliphatic carbocycles. The Morgan fingerprint density at radius 1 is 1.55 bits per heavy atom. The van der Waals surface area contributed by atoms with E-state index in [1.54, 1.807) is 0 Å². The summed E-state index contributed by atoms with van der Waals surface area (Å²) < 4.78 is 0. The van der Waals surface area contributed by atoms with Gasteiger partial charge in [-0.1, -0.05) is 11.8 Å². The van der Waals surface area contributed by atoms with Crippen LogP contribution in [0.1, 0.15) is 5.56 Å². The quantitative estimate of drug-likeness (QED) is 0.640. The van der Waals surface area contributed by atoms with Crippen molar-refractivity contribution in [3.05, 3.63) is 32.6 Å². The first-order valence-corrected chi connectivity index (χ1v) is 4.93. The van der Waals surface area contributed by atoms with E-state index in [0.717, 1.165) is 0 Å². The normalized spacial score (nSPS) is 10.2. The molecule has 0 amide bonds. The van der Waals surface area contributed by atoms with Crippen LogP contribution in [0.4, 0.5) is 0 Å². The van der Waals surface area contributed by atoms with E-state index in [1.807, 2.05) is 0 Å². The molecule has 1 aromatic heterocycles. The Balaban J connectivity index is 3.19. The van der Waals surface area contributed by atoms with Gasteiger partial charge in [0.1, 0.15) is 0 Å². The van der Waals surface area contributed by atoms with Crippen LogP contribution in [0.2, 0.25) is 0 Å². The van der Waals surface area contributed by atoms with Crippen molar-refractivity contribution in [2.45, 2.75) is 6.16 Å². The second kappa shape index (κ2) is 3.55. The minimum atomic E-state index is -0.486. The zero-order valence-electron chi connectivity index (χ0n) is 5.46. The van der Waals surface area contributed by atoms with Crippen LogP contribution < -0.4 is 11.2 Å². The van der Waals surface area contributed by atoms with Gasteiger partial charge in [0, 0.05) is 17.9 Å². The van der Waals surface area contributed by atoms with Crippen molar-refractivity contribution in [1.29, 1.82) is 0 Å². The summed E-state index contributed by atoms with van der Waals surface area (Å²) in [5, 5.41) is 0. The largest absolute Gasteiger partial charge is 0.325 e. The molecule has 0 spiro atoms. The SMILES string of the molecule is O=c1[nH]cc(CP=S)c(=O)[nH]1. The maximum absolute atomic E-state index is 10.9. The number of nitrogens with one attached hydrogen (secondary N) is 2. The van der Waals surface area contributed by atoms with Gasteiger partial charge in [0.2, 0.25) is 0 Å². The van der Waals surface area contributed by atoms with Gasteiger partial charge < -0.3 is 4.98 Å². The summed E-state index contributed by atoms with van der Waals surface area (Å²) in [6.07, 6.45) is 1.88. The molecule has 0 atom stereocenters. The van der Waals surface area contributed by atoms with Gasteiger partial charge in [0.05, 0.1) is 0 Å². The van der Waals surface area contributed by atoms with Crippen molar-refractivity contribution >= 4 is 19.2 Å². The summed E-state index contributed by atoms with van der Waals surface area (Å²) in [6, 6.07) is 0. The molecule has 0 aliphatic heterocycles. The lowest BCUT2D eigenvalue weighted by Crippen LogP contribution is -2.23. The van der Waals surface area contributed by atoms with Crippen LogP contribution in [0.5, 0.6) is 0 Å². The van der Waals surface area contributed by atoms with Gasteiger partial charge in [0.25, 0.3) is 5.56 Å². The van der Waals surface area contributed by atoms with Crippen molar-refractivity contribution in [1.82, 2.24) is 9.97 Å². The third-order valence-electron chi connectivity index (χ3n) is 1.13. The first kappa shape index (κ1) is 8.30. The molecule has 1 rings (SSSR count). The summed E-state index contributed by atoms with van der Waals surface area (Å²) in [7, 11) is 0.693. The lowest BCUT2D eigenvalue weighted by molar-refractivity contribution is 1.00. The standard InChI is InChI=1S/C5H5N2O2PS/c8-4-3(2-10-11)1-6-5(9)7-4/h1H,2H2,(H2,6,7,8,9).